The zero-order valence-electron chi connectivity index (χ0n) is 8.63. The number of halogens is 2. The molecule has 0 aromatic carbocycles. The van der Waals surface area contributed by atoms with Crippen LogP contribution in [0.1, 0.15) is 29.9 Å². The first-order valence-corrected chi connectivity index (χ1v) is 5.94. The first-order chi connectivity index (χ1) is 7.72. The fourth-order valence-corrected chi connectivity index (χ4v) is 2.55. The minimum absolute atomic E-state index is 0.212. The molecule has 1 fully saturated rings. The molecule has 2 heterocycles. The van der Waals surface area contributed by atoms with E-state index in [9.17, 15) is 0 Å². The molecule has 5 heteroatoms. The Morgan fingerprint density at radius 2 is 2.06 bits per heavy atom. The van der Waals surface area contributed by atoms with Gasteiger partial charge in [0, 0.05) is 0 Å². The molecule has 0 bridgehead atoms. The summed E-state index contributed by atoms with van der Waals surface area (Å²) in [6.45, 7) is 1.93. The van der Waals surface area contributed by atoms with Crippen molar-refractivity contribution in [3.8, 4) is 6.07 Å². The highest BCUT2D eigenvalue weighted by atomic mass is 35.5. The van der Waals surface area contributed by atoms with E-state index in [-0.39, 0.29) is 5.15 Å². The van der Waals surface area contributed by atoms with Crippen molar-refractivity contribution in [3.05, 3.63) is 27.5 Å². The highest BCUT2D eigenvalue weighted by molar-refractivity contribution is 6.33. The Bertz CT molecular complexity index is 434. The molecule has 0 aliphatic carbocycles. The summed E-state index contributed by atoms with van der Waals surface area (Å²) in [4.78, 5) is 3.89. The molecule has 0 radical (unpaired) electrons. The Morgan fingerprint density at radius 1 is 1.38 bits per heavy atom. The van der Waals surface area contributed by atoms with Gasteiger partial charge in [0.05, 0.1) is 5.56 Å². The fourth-order valence-electron chi connectivity index (χ4n) is 2.07. The largest absolute Gasteiger partial charge is 0.317 e. The van der Waals surface area contributed by atoms with E-state index in [1.807, 2.05) is 0 Å². The predicted octanol–water partition coefficient (Wildman–Crippen LogP) is 2.73. The average molecular weight is 256 g/mol. The van der Waals surface area contributed by atoms with E-state index in [4.69, 9.17) is 28.5 Å². The molecular weight excluding hydrogens is 245 g/mol. The van der Waals surface area contributed by atoms with E-state index in [1.165, 1.54) is 0 Å². The summed E-state index contributed by atoms with van der Waals surface area (Å²) < 4.78 is 0. The van der Waals surface area contributed by atoms with Crippen molar-refractivity contribution in [1.82, 2.24) is 10.3 Å². The second-order valence-corrected chi connectivity index (χ2v) is 4.58. The highest BCUT2D eigenvalue weighted by Gasteiger charge is 2.21. The van der Waals surface area contributed by atoms with Gasteiger partial charge in [-0.05, 0) is 43.5 Å². The summed E-state index contributed by atoms with van der Waals surface area (Å²) in [5.74, 6) is 0.355. The van der Waals surface area contributed by atoms with Gasteiger partial charge >= 0.3 is 0 Å². The van der Waals surface area contributed by atoms with Crippen LogP contribution in [0.25, 0.3) is 0 Å². The lowest BCUT2D eigenvalue weighted by Crippen LogP contribution is -2.27. The van der Waals surface area contributed by atoms with Crippen molar-refractivity contribution in [2.75, 3.05) is 13.1 Å². The van der Waals surface area contributed by atoms with E-state index in [1.54, 1.807) is 6.07 Å². The molecule has 84 valence electrons. The molecule has 3 nitrogen and oxygen atoms in total. The van der Waals surface area contributed by atoms with Gasteiger partial charge in [0.15, 0.2) is 0 Å². The number of aromatic nitrogens is 1. The van der Waals surface area contributed by atoms with Gasteiger partial charge < -0.3 is 5.32 Å². The third-order valence-electron chi connectivity index (χ3n) is 2.87. The number of nitriles is 1. The first kappa shape index (κ1) is 11.7. The molecule has 0 amide bonds. The second-order valence-electron chi connectivity index (χ2n) is 3.84. The number of rotatable bonds is 1. The number of hydrogen-bond donors (Lipinski definition) is 1. The predicted molar refractivity (Wildman–Crippen MR) is 63.8 cm³/mol. The Labute approximate surface area is 104 Å². The summed E-state index contributed by atoms with van der Waals surface area (Å²) in [6, 6.07) is 3.88. The topological polar surface area (TPSA) is 48.7 Å². The number of nitrogens with one attached hydrogen (secondary N) is 1. The number of nitrogens with zero attached hydrogens (tertiary/aromatic N) is 2. The van der Waals surface area contributed by atoms with Crippen molar-refractivity contribution >= 4 is 23.2 Å². The maximum Gasteiger partial charge on any atom is 0.148 e. The third-order valence-corrected chi connectivity index (χ3v) is 3.33. The van der Waals surface area contributed by atoms with Crippen LogP contribution in [0.15, 0.2) is 6.07 Å². The molecule has 1 aliphatic rings. The molecule has 0 unspecified atom stereocenters. The van der Waals surface area contributed by atoms with Gasteiger partial charge in [-0.2, -0.15) is 5.26 Å². The zero-order chi connectivity index (χ0) is 11.5. The van der Waals surface area contributed by atoms with Crippen molar-refractivity contribution in [2.45, 2.75) is 18.8 Å². The van der Waals surface area contributed by atoms with Gasteiger partial charge in [-0.3, -0.25) is 0 Å². The van der Waals surface area contributed by atoms with E-state index in [0.717, 1.165) is 31.5 Å². The lowest BCUT2D eigenvalue weighted by molar-refractivity contribution is 0.459. The normalized spacial score (nSPS) is 17.1. The van der Waals surface area contributed by atoms with Crippen LogP contribution in [-0.2, 0) is 0 Å². The molecule has 1 saturated heterocycles. The van der Waals surface area contributed by atoms with Crippen molar-refractivity contribution in [3.63, 3.8) is 0 Å². The average Bonchev–Trinajstić information content (AvgIpc) is 2.29. The van der Waals surface area contributed by atoms with Crippen molar-refractivity contribution < 1.29 is 0 Å². The van der Waals surface area contributed by atoms with Crippen molar-refractivity contribution in [2.24, 2.45) is 0 Å². The summed E-state index contributed by atoms with van der Waals surface area (Å²) in [5, 5.41) is 12.9. The molecule has 0 saturated carbocycles. The van der Waals surface area contributed by atoms with Gasteiger partial charge in [0.1, 0.15) is 16.4 Å². The van der Waals surface area contributed by atoms with E-state index in [2.05, 4.69) is 16.4 Å². The van der Waals surface area contributed by atoms with Crippen LogP contribution < -0.4 is 5.32 Å². The number of piperidine rings is 1. The fraction of sp³-hybridized carbons (Fsp3) is 0.455. The second kappa shape index (κ2) is 5.01. The zero-order valence-corrected chi connectivity index (χ0v) is 10.1. The lowest BCUT2D eigenvalue weighted by atomic mass is 9.88. The maximum absolute atomic E-state index is 9.09. The van der Waals surface area contributed by atoms with E-state index in [0.29, 0.717) is 16.6 Å². The Kier molecular flexibility index (Phi) is 3.65. The SMILES string of the molecule is N#Cc1c(C2CCNCC2)cc(Cl)nc1Cl. The van der Waals surface area contributed by atoms with Gasteiger partial charge in [-0.25, -0.2) is 4.98 Å². The highest BCUT2D eigenvalue weighted by Crippen LogP contribution is 2.32. The number of pyridine rings is 1. The van der Waals surface area contributed by atoms with Gasteiger partial charge in [-0.1, -0.05) is 23.2 Å². The Hall–Kier alpha value is -0.820. The van der Waals surface area contributed by atoms with Crippen molar-refractivity contribution in [1.29, 1.82) is 5.26 Å². The van der Waals surface area contributed by atoms with Gasteiger partial charge in [0.2, 0.25) is 0 Å². The molecule has 1 aromatic heterocycles. The molecule has 1 aromatic rings. The third kappa shape index (κ3) is 2.30. The monoisotopic (exact) mass is 255 g/mol. The smallest absolute Gasteiger partial charge is 0.148 e. The van der Waals surface area contributed by atoms with Crippen LogP contribution in [0.5, 0.6) is 0 Å². The lowest BCUT2D eigenvalue weighted by Gasteiger charge is -2.23. The quantitative estimate of drug-likeness (QED) is 0.786. The van der Waals surface area contributed by atoms with Gasteiger partial charge in [0.25, 0.3) is 0 Å². The molecule has 1 aliphatic heterocycles. The Morgan fingerprint density at radius 3 is 2.69 bits per heavy atom. The molecular formula is C11H11Cl2N3. The standard InChI is InChI=1S/C11H11Cl2N3/c12-10-5-8(7-1-3-15-4-2-7)9(6-14)11(13)16-10/h5,7,15H,1-4H2. The summed E-state index contributed by atoms with van der Waals surface area (Å²) in [6.07, 6.45) is 2.01. The van der Waals surface area contributed by atoms with Crippen LogP contribution in [0.3, 0.4) is 0 Å². The van der Waals surface area contributed by atoms with Crippen LogP contribution in [0.4, 0.5) is 0 Å². The first-order valence-electron chi connectivity index (χ1n) is 5.19. The maximum atomic E-state index is 9.09. The summed E-state index contributed by atoms with van der Waals surface area (Å²) in [7, 11) is 0. The van der Waals surface area contributed by atoms with Crippen LogP contribution in [0, 0.1) is 11.3 Å². The minimum atomic E-state index is 0.212. The molecule has 16 heavy (non-hydrogen) atoms. The van der Waals surface area contributed by atoms with Gasteiger partial charge in [-0.15, -0.1) is 0 Å². The molecule has 0 atom stereocenters. The number of hydrogen-bond acceptors (Lipinski definition) is 3. The van der Waals surface area contributed by atoms with Crippen LogP contribution in [0.2, 0.25) is 10.3 Å². The molecule has 2 rings (SSSR count). The van der Waals surface area contributed by atoms with Crippen LogP contribution in [-0.4, -0.2) is 18.1 Å². The Balaban J connectivity index is 2.42. The summed E-state index contributed by atoms with van der Waals surface area (Å²) >= 11 is 11.8. The molecule has 0 spiro atoms. The molecule has 1 N–H and O–H groups in total. The minimum Gasteiger partial charge on any atom is -0.317 e. The van der Waals surface area contributed by atoms with E-state index < -0.39 is 0 Å². The van der Waals surface area contributed by atoms with E-state index >= 15 is 0 Å². The van der Waals surface area contributed by atoms with Crippen LogP contribution >= 0.6 is 23.2 Å². The summed E-state index contributed by atoms with van der Waals surface area (Å²) in [5.41, 5.74) is 1.41.